The molecule has 0 aliphatic heterocycles. The van der Waals surface area contributed by atoms with E-state index in [2.05, 4.69) is 27.7 Å². The fourth-order valence-electron chi connectivity index (χ4n) is 7.29. The van der Waals surface area contributed by atoms with E-state index in [1.54, 1.807) is 49.9 Å². The highest BCUT2D eigenvalue weighted by molar-refractivity contribution is 6.79. The predicted molar refractivity (Wildman–Crippen MR) is 195 cm³/mol. The van der Waals surface area contributed by atoms with Gasteiger partial charge in [0.05, 0.1) is 8.07 Å². The Morgan fingerprint density at radius 3 is 0.512 bits per heavy atom. The third-order valence-electron chi connectivity index (χ3n) is 10.2. The monoisotopic (exact) mass is 593 g/mol. The molecule has 0 aliphatic rings. The maximum atomic E-state index is 2.36. The largest absolute Gasteiger partial charge is 0.0654 e. The molecule has 0 fully saturated rings. The average Bonchev–Trinajstić information content (AvgIpc) is 2.98. The SMILES string of the molecule is CCCCCCCCCCCCCCCC[Si](CCCCCCCC)(CCCCCCCC)CCCCCCCC. The molecule has 0 nitrogen and oxygen atoms in total. The van der Waals surface area contributed by atoms with Gasteiger partial charge >= 0.3 is 0 Å². The molecule has 0 heterocycles. The first kappa shape index (κ1) is 41.2. The van der Waals surface area contributed by atoms with Gasteiger partial charge in [0.1, 0.15) is 0 Å². The molecule has 0 unspecified atom stereocenters. The standard InChI is InChI=1S/C40H84Si/c1-5-9-13-17-21-22-23-24-25-26-27-28-32-36-40-41(37-33-29-18-14-10-6-2,38-34-30-19-15-11-7-3)39-35-31-20-16-12-8-4/h5-40H2,1-4H3. The Bertz CT molecular complexity index is 417. The second-order valence-corrected chi connectivity index (χ2v) is 19.4. The first-order valence-electron chi connectivity index (χ1n) is 20.2. The smallest absolute Gasteiger partial charge is 0.0535 e. The van der Waals surface area contributed by atoms with Crippen molar-refractivity contribution in [2.24, 2.45) is 0 Å². The molecule has 0 radical (unpaired) electrons. The van der Waals surface area contributed by atoms with Gasteiger partial charge in [-0.05, 0) is 0 Å². The summed E-state index contributed by atoms with van der Waals surface area (Å²) in [5.41, 5.74) is 0. The molecule has 0 atom stereocenters. The van der Waals surface area contributed by atoms with Crippen molar-refractivity contribution in [3.63, 3.8) is 0 Å². The van der Waals surface area contributed by atoms with Crippen LogP contribution in [0.2, 0.25) is 24.2 Å². The van der Waals surface area contributed by atoms with Crippen LogP contribution in [-0.2, 0) is 0 Å². The van der Waals surface area contributed by atoms with Crippen molar-refractivity contribution < 1.29 is 0 Å². The van der Waals surface area contributed by atoms with E-state index in [0.29, 0.717) is 0 Å². The first-order valence-corrected chi connectivity index (χ1v) is 23.1. The maximum Gasteiger partial charge on any atom is 0.0535 e. The van der Waals surface area contributed by atoms with Gasteiger partial charge in [-0.1, -0.05) is 257 Å². The topological polar surface area (TPSA) is 0 Å². The van der Waals surface area contributed by atoms with Crippen LogP contribution in [0.5, 0.6) is 0 Å². The molecule has 0 aliphatic carbocycles. The Morgan fingerprint density at radius 2 is 0.341 bits per heavy atom. The van der Waals surface area contributed by atoms with Crippen molar-refractivity contribution in [2.75, 3.05) is 0 Å². The van der Waals surface area contributed by atoms with E-state index in [9.17, 15) is 0 Å². The fourth-order valence-corrected chi connectivity index (χ4v) is 12.8. The second-order valence-electron chi connectivity index (χ2n) is 14.4. The minimum atomic E-state index is -1.10. The molecule has 41 heavy (non-hydrogen) atoms. The molecule has 0 saturated carbocycles. The van der Waals surface area contributed by atoms with E-state index in [-0.39, 0.29) is 0 Å². The summed E-state index contributed by atoms with van der Waals surface area (Å²) in [7, 11) is -1.10. The van der Waals surface area contributed by atoms with Crippen molar-refractivity contribution in [1.29, 1.82) is 0 Å². The zero-order chi connectivity index (χ0) is 30.0. The third-order valence-corrected chi connectivity index (χ3v) is 15.9. The van der Waals surface area contributed by atoms with Crippen LogP contribution in [0.3, 0.4) is 0 Å². The molecule has 0 bridgehead atoms. The number of hydrogen-bond donors (Lipinski definition) is 0. The highest BCUT2D eigenvalue weighted by Crippen LogP contribution is 2.35. The molecule has 1 heteroatoms. The number of rotatable bonds is 36. The van der Waals surface area contributed by atoms with Gasteiger partial charge in [0.2, 0.25) is 0 Å². The molecule has 0 aromatic heterocycles. The highest BCUT2D eigenvalue weighted by Gasteiger charge is 2.30. The van der Waals surface area contributed by atoms with Crippen LogP contribution in [0, 0.1) is 0 Å². The van der Waals surface area contributed by atoms with E-state index >= 15 is 0 Å². The van der Waals surface area contributed by atoms with E-state index in [1.807, 2.05) is 0 Å². The van der Waals surface area contributed by atoms with Crippen molar-refractivity contribution >= 4 is 8.07 Å². The van der Waals surface area contributed by atoms with Crippen LogP contribution in [0.4, 0.5) is 0 Å². The summed E-state index contributed by atoms with van der Waals surface area (Å²) in [5, 5.41) is 0. The lowest BCUT2D eigenvalue weighted by Crippen LogP contribution is -2.34. The Kier molecular flexibility index (Phi) is 34.9. The van der Waals surface area contributed by atoms with Crippen molar-refractivity contribution in [3.05, 3.63) is 0 Å². The van der Waals surface area contributed by atoms with Gasteiger partial charge in [-0.15, -0.1) is 0 Å². The summed E-state index contributed by atoms with van der Waals surface area (Å²) in [6.07, 6.45) is 47.7. The maximum absolute atomic E-state index is 2.36. The molecule has 0 rings (SSSR count). The summed E-state index contributed by atoms with van der Waals surface area (Å²) in [6.45, 7) is 9.39. The minimum Gasteiger partial charge on any atom is -0.0654 e. The lowest BCUT2D eigenvalue weighted by Gasteiger charge is -2.33. The van der Waals surface area contributed by atoms with Crippen LogP contribution in [0.1, 0.15) is 233 Å². The third kappa shape index (κ3) is 30.0. The highest BCUT2D eigenvalue weighted by atomic mass is 28.3. The normalized spacial score (nSPS) is 12.0. The first-order chi connectivity index (χ1) is 20.2. The van der Waals surface area contributed by atoms with Gasteiger partial charge < -0.3 is 0 Å². The van der Waals surface area contributed by atoms with Gasteiger partial charge in [0.15, 0.2) is 0 Å². The molecule has 0 spiro atoms. The van der Waals surface area contributed by atoms with E-state index in [4.69, 9.17) is 0 Å². The molecule has 0 N–H and O–H groups in total. The second kappa shape index (κ2) is 34.7. The van der Waals surface area contributed by atoms with Crippen LogP contribution < -0.4 is 0 Å². The quantitative estimate of drug-likeness (QED) is 0.0501. The predicted octanol–water partition coefficient (Wildman–Crippen LogP) is 16.0. The van der Waals surface area contributed by atoms with Gasteiger partial charge in [-0.3, -0.25) is 0 Å². The summed E-state index contributed by atoms with van der Waals surface area (Å²) < 4.78 is 0. The lowest BCUT2D eigenvalue weighted by atomic mass is 10.0. The van der Waals surface area contributed by atoms with Gasteiger partial charge in [0, 0.05) is 0 Å². The average molecular weight is 593 g/mol. The van der Waals surface area contributed by atoms with E-state index in [1.165, 1.54) is 180 Å². The molecule has 0 amide bonds. The van der Waals surface area contributed by atoms with Crippen molar-refractivity contribution in [1.82, 2.24) is 0 Å². The van der Waals surface area contributed by atoms with Crippen molar-refractivity contribution in [3.8, 4) is 0 Å². The number of unbranched alkanes of at least 4 members (excludes halogenated alkanes) is 28. The Labute approximate surface area is 264 Å². The van der Waals surface area contributed by atoms with E-state index in [0.717, 1.165) is 0 Å². The van der Waals surface area contributed by atoms with Gasteiger partial charge in [-0.2, -0.15) is 0 Å². The van der Waals surface area contributed by atoms with Crippen LogP contribution in [-0.4, -0.2) is 8.07 Å². The van der Waals surface area contributed by atoms with Crippen LogP contribution in [0.15, 0.2) is 0 Å². The lowest BCUT2D eigenvalue weighted by molar-refractivity contribution is 0.537. The zero-order valence-electron chi connectivity index (χ0n) is 30.0. The Morgan fingerprint density at radius 1 is 0.195 bits per heavy atom. The van der Waals surface area contributed by atoms with Crippen LogP contribution >= 0.6 is 0 Å². The summed E-state index contributed by atoms with van der Waals surface area (Å²) in [4.78, 5) is 0. The summed E-state index contributed by atoms with van der Waals surface area (Å²) >= 11 is 0. The summed E-state index contributed by atoms with van der Waals surface area (Å²) in [6, 6.07) is 6.73. The number of hydrogen-bond acceptors (Lipinski definition) is 0. The molecule has 248 valence electrons. The van der Waals surface area contributed by atoms with Crippen molar-refractivity contribution in [2.45, 2.75) is 257 Å². The fraction of sp³-hybridized carbons (Fsp3) is 1.00. The Hall–Kier alpha value is 0.217. The molecular weight excluding hydrogens is 509 g/mol. The molecular formula is C40H84Si. The minimum absolute atomic E-state index is 1.10. The van der Waals surface area contributed by atoms with E-state index < -0.39 is 8.07 Å². The molecule has 0 saturated heterocycles. The summed E-state index contributed by atoms with van der Waals surface area (Å²) in [5.74, 6) is 0. The van der Waals surface area contributed by atoms with Crippen LogP contribution in [0.25, 0.3) is 0 Å². The molecule has 0 aromatic rings. The molecule has 0 aromatic carbocycles. The zero-order valence-corrected chi connectivity index (χ0v) is 31.0. The van der Waals surface area contributed by atoms with Gasteiger partial charge in [0.25, 0.3) is 0 Å². The Balaban J connectivity index is 4.53. The van der Waals surface area contributed by atoms with Gasteiger partial charge in [-0.25, -0.2) is 0 Å².